The van der Waals surface area contributed by atoms with Crippen molar-refractivity contribution in [3.63, 3.8) is 0 Å². The maximum Gasteiger partial charge on any atom is 0.387 e. The van der Waals surface area contributed by atoms with Crippen LogP contribution in [0.3, 0.4) is 0 Å². The molecule has 21 heavy (non-hydrogen) atoms. The van der Waals surface area contributed by atoms with Crippen LogP contribution in [-0.4, -0.2) is 12.4 Å². The summed E-state index contributed by atoms with van der Waals surface area (Å²) in [6.45, 7) is -2.83. The molecule has 1 aliphatic rings. The van der Waals surface area contributed by atoms with Crippen molar-refractivity contribution in [1.29, 1.82) is 0 Å². The van der Waals surface area contributed by atoms with E-state index in [0.717, 1.165) is 16.7 Å². The zero-order valence-corrected chi connectivity index (χ0v) is 11.1. The van der Waals surface area contributed by atoms with E-state index in [-0.39, 0.29) is 11.5 Å². The maximum atomic E-state index is 12.2. The van der Waals surface area contributed by atoms with E-state index in [1.807, 2.05) is 24.3 Å². The molecule has 0 spiro atoms. The zero-order chi connectivity index (χ0) is 14.8. The molecule has 0 bridgehead atoms. The highest BCUT2D eigenvalue weighted by Gasteiger charge is 2.23. The van der Waals surface area contributed by atoms with Crippen molar-refractivity contribution in [2.24, 2.45) is 0 Å². The molecule has 106 valence electrons. The van der Waals surface area contributed by atoms with Crippen molar-refractivity contribution >= 4 is 11.9 Å². The summed E-state index contributed by atoms with van der Waals surface area (Å²) in [5, 5.41) is 0. The SMILES string of the molecule is O=C1/C(=C/c2ccc(OC(F)F)cc2)Cc2ccccc21. The molecular weight excluding hydrogens is 274 g/mol. The van der Waals surface area contributed by atoms with Crippen molar-refractivity contribution < 1.29 is 18.3 Å². The quantitative estimate of drug-likeness (QED) is 0.794. The standard InChI is InChI=1S/C17H12F2O2/c18-17(19)21-14-7-5-11(6-8-14)9-13-10-12-3-1-2-4-15(12)16(13)20/h1-9,17H,10H2/b13-9+. The molecule has 0 heterocycles. The Morgan fingerprint density at radius 2 is 1.76 bits per heavy atom. The van der Waals surface area contributed by atoms with E-state index in [1.54, 1.807) is 18.2 Å². The molecule has 0 N–H and O–H groups in total. The van der Waals surface area contributed by atoms with Gasteiger partial charge in [0.15, 0.2) is 5.78 Å². The van der Waals surface area contributed by atoms with Crippen molar-refractivity contribution in [1.82, 2.24) is 0 Å². The van der Waals surface area contributed by atoms with Crippen LogP contribution in [0.5, 0.6) is 5.75 Å². The largest absolute Gasteiger partial charge is 0.435 e. The number of rotatable bonds is 3. The van der Waals surface area contributed by atoms with Gasteiger partial charge < -0.3 is 4.74 Å². The highest BCUT2D eigenvalue weighted by Crippen LogP contribution is 2.27. The number of benzene rings is 2. The summed E-state index contributed by atoms with van der Waals surface area (Å²) in [4.78, 5) is 12.2. The maximum absolute atomic E-state index is 12.2. The van der Waals surface area contributed by atoms with Crippen LogP contribution in [0.4, 0.5) is 8.78 Å². The summed E-state index contributed by atoms with van der Waals surface area (Å²) in [7, 11) is 0. The van der Waals surface area contributed by atoms with Crippen molar-refractivity contribution in [3.8, 4) is 5.75 Å². The number of allylic oxidation sites excluding steroid dienone is 1. The Bertz CT molecular complexity index is 703. The first kappa shape index (κ1) is 13.5. The Kier molecular flexibility index (Phi) is 3.52. The molecule has 0 fully saturated rings. The second-order valence-electron chi connectivity index (χ2n) is 4.78. The number of Topliss-reactive ketones (excluding diaryl/α,β-unsaturated/α-hetero) is 1. The third-order valence-electron chi connectivity index (χ3n) is 3.38. The number of alkyl halides is 2. The summed E-state index contributed by atoms with van der Waals surface area (Å²) in [6.07, 6.45) is 2.39. The van der Waals surface area contributed by atoms with E-state index < -0.39 is 6.61 Å². The monoisotopic (exact) mass is 286 g/mol. The molecule has 3 rings (SSSR count). The smallest absolute Gasteiger partial charge is 0.387 e. The number of hydrogen-bond acceptors (Lipinski definition) is 2. The van der Waals surface area contributed by atoms with E-state index in [4.69, 9.17) is 0 Å². The minimum atomic E-state index is -2.83. The molecule has 0 amide bonds. The minimum absolute atomic E-state index is 0.0264. The number of halogens is 2. The predicted molar refractivity (Wildman–Crippen MR) is 75.5 cm³/mol. The Balaban J connectivity index is 1.82. The number of carbonyl (C=O) groups is 1. The first-order chi connectivity index (χ1) is 10.1. The Hall–Kier alpha value is -2.49. The number of ether oxygens (including phenoxy) is 1. The van der Waals surface area contributed by atoms with Crippen LogP contribution in [0.25, 0.3) is 6.08 Å². The van der Waals surface area contributed by atoms with Gasteiger partial charge in [0.25, 0.3) is 0 Å². The Labute approximate surface area is 120 Å². The second kappa shape index (κ2) is 5.48. The summed E-state index contributed by atoms with van der Waals surface area (Å²) in [6, 6.07) is 13.7. The molecular formula is C17H12F2O2. The molecule has 2 nitrogen and oxygen atoms in total. The van der Waals surface area contributed by atoms with Gasteiger partial charge in [0.2, 0.25) is 0 Å². The predicted octanol–water partition coefficient (Wildman–Crippen LogP) is 4.11. The summed E-state index contributed by atoms with van der Waals surface area (Å²) in [5.41, 5.74) is 3.25. The van der Waals surface area contributed by atoms with E-state index in [1.165, 1.54) is 12.1 Å². The first-order valence-electron chi connectivity index (χ1n) is 6.51. The van der Waals surface area contributed by atoms with Gasteiger partial charge in [-0.05, 0) is 29.3 Å². The van der Waals surface area contributed by atoms with E-state index >= 15 is 0 Å². The zero-order valence-electron chi connectivity index (χ0n) is 11.1. The molecule has 0 radical (unpaired) electrons. The molecule has 0 aromatic heterocycles. The van der Waals surface area contributed by atoms with Crippen molar-refractivity contribution in [3.05, 3.63) is 70.8 Å². The lowest BCUT2D eigenvalue weighted by Gasteiger charge is -2.04. The van der Waals surface area contributed by atoms with Gasteiger partial charge in [0.1, 0.15) is 5.75 Å². The topological polar surface area (TPSA) is 26.3 Å². The summed E-state index contributed by atoms with van der Waals surface area (Å²) in [5.74, 6) is 0.131. The van der Waals surface area contributed by atoms with Gasteiger partial charge in [-0.3, -0.25) is 4.79 Å². The molecule has 0 atom stereocenters. The van der Waals surface area contributed by atoms with Gasteiger partial charge in [-0.25, -0.2) is 0 Å². The van der Waals surface area contributed by atoms with Gasteiger partial charge >= 0.3 is 6.61 Å². The number of carbonyl (C=O) groups excluding carboxylic acids is 1. The van der Waals surface area contributed by atoms with Crippen LogP contribution in [0, 0.1) is 0 Å². The van der Waals surface area contributed by atoms with Crippen molar-refractivity contribution in [2.75, 3.05) is 0 Å². The van der Waals surface area contributed by atoms with Gasteiger partial charge in [-0.15, -0.1) is 0 Å². The second-order valence-corrected chi connectivity index (χ2v) is 4.78. The lowest BCUT2D eigenvalue weighted by molar-refractivity contribution is -0.0498. The van der Waals surface area contributed by atoms with E-state index in [9.17, 15) is 13.6 Å². The molecule has 0 saturated heterocycles. The van der Waals surface area contributed by atoms with Crippen LogP contribution in [0.1, 0.15) is 21.5 Å². The minimum Gasteiger partial charge on any atom is -0.435 e. The highest BCUT2D eigenvalue weighted by atomic mass is 19.3. The highest BCUT2D eigenvalue weighted by molar-refractivity contribution is 6.15. The molecule has 0 aliphatic heterocycles. The first-order valence-corrected chi connectivity index (χ1v) is 6.51. The van der Waals surface area contributed by atoms with E-state index in [2.05, 4.69) is 4.74 Å². The van der Waals surface area contributed by atoms with Crippen molar-refractivity contribution in [2.45, 2.75) is 13.0 Å². The molecule has 2 aromatic carbocycles. The normalized spacial score (nSPS) is 15.6. The van der Waals surface area contributed by atoms with Crippen LogP contribution in [0.15, 0.2) is 54.1 Å². The molecule has 2 aromatic rings. The third-order valence-corrected chi connectivity index (χ3v) is 3.38. The molecule has 0 unspecified atom stereocenters. The van der Waals surface area contributed by atoms with Gasteiger partial charge in [-0.1, -0.05) is 36.4 Å². The average molecular weight is 286 g/mol. The average Bonchev–Trinajstić information content (AvgIpc) is 2.78. The van der Waals surface area contributed by atoms with Crippen LogP contribution in [-0.2, 0) is 6.42 Å². The molecule has 4 heteroatoms. The van der Waals surface area contributed by atoms with Crippen LogP contribution in [0.2, 0.25) is 0 Å². The van der Waals surface area contributed by atoms with Gasteiger partial charge in [0, 0.05) is 17.6 Å². The summed E-state index contributed by atoms with van der Waals surface area (Å²) >= 11 is 0. The van der Waals surface area contributed by atoms with E-state index in [0.29, 0.717) is 12.0 Å². The fourth-order valence-corrected chi connectivity index (χ4v) is 2.42. The fourth-order valence-electron chi connectivity index (χ4n) is 2.42. The third kappa shape index (κ3) is 2.84. The van der Waals surface area contributed by atoms with Crippen LogP contribution < -0.4 is 4.74 Å². The molecule has 0 saturated carbocycles. The lowest BCUT2D eigenvalue weighted by atomic mass is 10.1. The van der Waals surface area contributed by atoms with Gasteiger partial charge in [-0.2, -0.15) is 8.78 Å². The Morgan fingerprint density at radius 1 is 1.05 bits per heavy atom. The van der Waals surface area contributed by atoms with Gasteiger partial charge in [0.05, 0.1) is 0 Å². The number of ketones is 1. The number of fused-ring (bicyclic) bond motifs is 1. The van der Waals surface area contributed by atoms with Crippen LogP contribution >= 0.6 is 0 Å². The molecule has 1 aliphatic carbocycles. The lowest BCUT2D eigenvalue weighted by Crippen LogP contribution is -2.01. The summed E-state index contributed by atoms with van der Waals surface area (Å²) < 4.78 is 28.4. The number of hydrogen-bond donors (Lipinski definition) is 0. The Morgan fingerprint density at radius 3 is 2.43 bits per heavy atom. The fraction of sp³-hybridized carbons (Fsp3) is 0.118.